The van der Waals surface area contributed by atoms with E-state index < -0.39 is 7.26 Å². The molecule has 0 N–H and O–H groups in total. The van der Waals surface area contributed by atoms with Crippen LogP contribution in [0.5, 0.6) is 0 Å². The van der Waals surface area contributed by atoms with Crippen LogP contribution in [0.2, 0.25) is 0 Å². The van der Waals surface area contributed by atoms with Gasteiger partial charge >= 0.3 is 59.6 Å². The normalized spacial score (nSPS) is 10.3. The summed E-state index contributed by atoms with van der Waals surface area (Å²) in [6, 6.07) is 0. The van der Waals surface area contributed by atoms with Gasteiger partial charge in [-0.05, 0) is 0 Å². The largest absolute Gasteiger partial charge is 0.269 e. The van der Waals surface area contributed by atoms with Crippen LogP contribution >= 0.6 is 7.26 Å². The predicted molar refractivity (Wildman–Crippen MR) is 58.0 cm³/mol. The van der Waals surface area contributed by atoms with Crippen molar-refractivity contribution in [1.29, 1.82) is 0 Å². The summed E-state index contributed by atoms with van der Waals surface area (Å²) in [7, 11) is -0.691. The topological polar surface area (TPSA) is 0 Å². The van der Waals surface area contributed by atoms with Crippen LogP contribution in [0.1, 0.15) is 27.7 Å². The molecule has 0 aromatic carbocycles. The number of hydrogen-bond donors (Lipinski definition) is 0. The fourth-order valence-corrected chi connectivity index (χ4v) is 4.50. The molecule has 0 heterocycles. The van der Waals surface area contributed by atoms with E-state index in [1.165, 1.54) is 24.6 Å². The Morgan fingerprint density at radius 3 is 0.750 bits per heavy atom. The van der Waals surface area contributed by atoms with Gasteiger partial charge in [-0.2, -0.15) is 0 Å². The summed E-state index contributed by atoms with van der Waals surface area (Å²) >= 11 is 0. The summed E-state index contributed by atoms with van der Waals surface area (Å²) in [5.41, 5.74) is 0. The van der Waals surface area contributed by atoms with Crippen molar-refractivity contribution in [2.45, 2.75) is 27.7 Å². The van der Waals surface area contributed by atoms with Crippen molar-refractivity contribution in [2.24, 2.45) is 0 Å². The zero-order valence-electron chi connectivity index (χ0n) is 8.55. The van der Waals surface area contributed by atoms with E-state index in [0.29, 0.717) is 0 Å². The molecule has 0 fully saturated rings. The van der Waals surface area contributed by atoms with Crippen molar-refractivity contribution >= 4 is 7.26 Å². The maximum atomic E-state index is 2.36. The van der Waals surface area contributed by atoms with Crippen molar-refractivity contribution in [3.63, 3.8) is 0 Å². The van der Waals surface area contributed by atoms with Crippen molar-refractivity contribution in [2.75, 3.05) is 24.6 Å². The first-order valence-electron chi connectivity index (χ1n) is 4.24. The first kappa shape index (κ1) is 22.8. The molecule has 0 atom stereocenters. The summed E-state index contributed by atoms with van der Waals surface area (Å²) in [5.74, 6) is 0. The van der Waals surface area contributed by atoms with Gasteiger partial charge in [0.15, 0.2) is 0 Å². The zero-order chi connectivity index (χ0) is 7.33. The molecule has 12 heavy (non-hydrogen) atoms. The molecule has 0 bridgehead atoms. The molecule has 0 aliphatic carbocycles. The van der Waals surface area contributed by atoms with E-state index in [9.17, 15) is 0 Å². The van der Waals surface area contributed by atoms with Crippen LogP contribution in [0.15, 0.2) is 0 Å². The van der Waals surface area contributed by atoms with Crippen molar-refractivity contribution < 1.29 is 14.1 Å². The fraction of sp³-hybridized carbons (Fsp3) is 1.00. The molecular weight excluding hydrogens is 184 g/mol. The van der Waals surface area contributed by atoms with E-state index in [-0.39, 0.29) is 14.1 Å². The van der Waals surface area contributed by atoms with E-state index in [2.05, 4.69) is 27.7 Å². The summed E-state index contributed by atoms with van der Waals surface area (Å²) in [4.78, 5) is 0. The van der Waals surface area contributed by atoms with Gasteiger partial charge in [-0.25, -0.2) is 0 Å². The Morgan fingerprint density at radius 1 is 0.583 bits per heavy atom. The molecule has 0 aromatic heterocycles. The molecule has 0 saturated carbocycles. The second kappa shape index (κ2) is 11.2. The third-order valence-corrected chi connectivity index (χ3v) is 9.00. The Labute approximate surface area is 74.6 Å². The van der Waals surface area contributed by atoms with Crippen molar-refractivity contribution in [1.82, 2.24) is 0 Å². The van der Waals surface area contributed by atoms with Crippen LogP contribution in [-0.4, -0.2) is 24.6 Å². The monoisotopic (exact) mass is 208 g/mol. The van der Waals surface area contributed by atoms with Gasteiger partial charge in [0.25, 0.3) is 0 Å². The van der Waals surface area contributed by atoms with Crippen molar-refractivity contribution in [3.05, 3.63) is 0 Å². The van der Waals surface area contributed by atoms with E-state index in [0.717, 1.165) is 0 Å². The molecule has 0 spiro atoms. The molecule has 0 radical (unpaired) electrons. The third kappa shape index (κ3) is 5.82. The van der Waals surface area contributed by atoms with Gasteiger partial charge < -0.3 is 0 Å². The number of hydrogen-bond acceptors (Lipinski definition) is 0. The molecule has 0 aliphatic rings. The Morgan fingerprint density at radius 2 is 0.750 bits per heavy atom. The summed E-state index contributed by atoms with van der Waals surface area (Å²) < 4.78 is 0. The van der Waals surface area contributed by atoms with Crippen LogP contribution in [0.4, 0.5) is 14.1 Å². The van der Waals surface area contributed by atoms with E-state index in [4.69, 9.17) is 0 Å². The average molecular weight is 208 g/mol. The molecular formula is C8H24F3P. The third-order valence-electron chi connectivity index (χ3n) is 3.00. The Balaban J connectivity index is -0.000000107. The minimum atomic E-state index is -0.691. The zero-order valence-corrected chi connectivity index (χ0v) is 9.55. The van der Waals surface area contributed by atoms with Gasteiger partial charge in [0, 0.05) is 0 Å². The van der Waals surface area contributed by atoms with Crippen molar-refractivity contribution in [3.8, 4) is 0 Å². The Bertz CT molecular complexity index is 57.2. The van der Waals surface area contributed by atoms with Crippen LogP contribution in [0.25, 0.3) is 0 Å². The van der Waals surface area contributed by atoms with Gasteiger partial charge in [0.2, 0.25) is 0 Å². The standard InChI is InChI=1S/C8H21P.3FH/c1-5-9(6-2,7-3)8-4;;;/h9H,5-8H2,1-4H3;3*1H. The summed E-state index contributed by atoms with van der Waals surface area (Å²) in [6.07, 6.45) is 5.93. The molecule has 0 aromatic rings. The van der Waals surface area contributed by atoms with Crippen LogP contribution in [0.3, 0.4) is 0 Å². The molecule has 0 unspecified atom stereocenters. The van der Waals surface area contributed by atoms with Gasteiger partial charge in [0.05, 0.1) is 0 Å². The molecule has 82 valence electrons. The quantitative estimate of drug-likeness (QED) is 0.622. The van der Waals surface area contributed by atoms with E-state index in [1.807, 2.05) is 0 Å². The van der Waals surface area contributed by atoms with Gasteiger partial charge in [-0.15, -0.1) is 0 Å². The predicted octanol–water partition coefficient (Wildman–Crippen LogP) is 3.27. The second-order valence-electron chi connectivity index (χ2n) is 2.91. The van der Waals surface area contributed by atoms with Gasteiger partial charge in [-0.1, -0.05) is 0 Å². The minimum Gasteiger partial charge on any atom is -0.269 e. The van der Waals surface area contributed by atoms with Gasteiger partial charge in [-0.3, -0.25) is 14.1 Å². The van der Waals surface area contributed by atoms with E-state index in [1.54, 1.807) is 0 Å². The van der Waals surface area contributed by atoms with Crippen LogP contribution in [0, 0.1) is 0 Å². The number of rotatable bonds is 4. The smallest absolute Gasteiger partial charge is 0.269 e. The molecule has 0 saturated heterocycles. The Kier molecular flexibility index (Phi) is 21.3. The summed E-state index contributed by atoms with van der Waals surface area (Å²) in [6.45, 7) is 9.46. The Hall–Kier alpha value is 0.220. The maximum Gasteiger partial charge on any atom is -0.269 e. The summed E-state index contributed by atoms with van der Waals surface area (Å²) in [5, 5.41) is 0. The second-order valence-corrected chi connectivity index (χ2v) is 8.74. The average Bonchev–Trinajstić information content (AvgIpc) is 1.95. The molecule has 0 nitrogen and oxygen atoms in total. The van der Waals surface area contributed by atoms with Gasteiger partial charge in [0.1, 0.15) is 0 Å². The fourth-order valence-electron chi connectivity index (χ4n) is 1.50. The molecule has 0 amide bonds. The molecule has 4 heteroatoms. The molecule has 0 rings (SSSR count). The van der Waals surface area contributed by atoms with Crippen LogP contribution in [-0.2, 0) is 0 Å². The maximum absolute atomic E-state index is 2.36. The first-order valence-corrected chi connectivity index (χ1v) is 7.07. The van der Waals surface area contributed by atoms with Crippen LogP contribution < -0.4 is 0 Å². The molecule has 0 aliphatic heterocycles. The van der Waals surface area contributed by atoms with E-state index >= 15 is 0 Å². The minimum absolute atomic E-state index is 0. The number of halogens is 3. The first-order chi connectivity index (χ1) is 4.24. The SMILES string of the molecule is CC[PH](CC)(CC)CC.F.F.F.